The minimum atomic E-state index is -0.265. The third-order valence-corrected chi connectivity index (χ3v) is 5.83. The lowest BCUT2D eigenvalue weighted by Gasteiger charge is -2.05. The standard InChI is InChI=1S/C17H15ClFN3OS2/c1-10-13(18)6-7-14-16(10)20-17(25-14)22-21-15(23)8-9-24-12-4-2-11(19)3-5-12/h2-7H,8-9H2,1H3,(H,20,22)(H,21,23). The monoisotopic (exact) mass is 395 g/mol. The van der Waals surface area contributed by atoms with E-state index >= 15 is 0 Å². The number of hydrogen-bond acceptors (Lipinski definition) is 5. The van der Waals surface area contributed by atoms with Gasteiger partial charge < -0.3 is 0 Å². The highest BCUT2D eigenvalue weighted by Crippen LogP contribution is 2.31. The molecule has 1 aromatic heterocycles. The van der Waals surface area contributed by atoms with Gasteiger partial charge in [0.05, 0.1) is 10.2 Å². The molecule has 130 valence electrons. The number of aryl methyl sites for hydroxylation is 1. The van der Waals surface area contributed by atoms with Gasteiger partial charge in [-0.05, 0) is 48.9 Å². The molecular weight excluding hydrogens is 381 g/mol. The van der Waals surface area contributed by atoms with Crippen LogP contribution in [0.2, 0.25) is 5.02 Å². The lowest BCUT2D eigenvalue weighted by molar-refractivity contribution is -0.120. The Balaban J connectivity index is 1.49. The molecule has 0 radical (unpaired) electrons. The molecule has 4 nitrogen and oxygen atoms in total. The van der Waals surface area contributed by atoms with Gasteiger partial charge in [0, 0.05) is 22.1 Å². The maximum Gasteiger partial charge on any atom is 0.239 e. The zero-order valence-corrected chi connectivity index (χ0v) is 15.7. The highest BCUT2D eigenvalue weighted by Gasteiger charge is 2.09. The van der Waals surface area contributed by atoms with Gasteiger partial charge in [-0.25, -0.2) is 9.37 Å². The number of hydrogen-bond donors (Lipinski definition) is 2. The van der Waals surface area contributed by atoms with E-state index in [0.29, 0.717) is 22.3 Å². The van der Waals surface area contributed by atoms with Crippen molar-refractivity contribution in [1.82, 2.24) is 10.4 Å². The lowest BCUT2D eigenvalue weighted by atomic mass is 10.2. The van der Waals surface area contributed by atoms with Crippen LogP contribution in [0.1, 0.15) is 12.0 Å². The first-order valence-electron chi connectivity index (χ1n) is 7.52. The molecule has 0 atom stereocenters. The second kappa shape index (κ2) is 8.03. The molecule has 2 N–H and O–H groups in total. The number of aromatic nitrogens is 1. The maximum absolute atomic E-state index is 12.8. The van der Waals surface area contributed by atoms with Gasteiger partial charge in [0.25, 0.3) is 0 Å². The van der Waals surface area contributed by atoms with Gasteiger partial charge in [-0.1, -0.05) is 22.9 Å². The van der Waals surface area contributed by atoms with E-state index in [4.69, 9.17) is 11.6 Å². The van der Waals surface area contributed by atoms with Crippen LogP contribution < -0.4 is 10.9 Å². The third-order valence-electron chi connectivity index (χ3n) is 3.47. The van der Waals surface area contributed by atoms with E-state index in [0.717, 1.165) is 20.7 Å². The molecule has 0 aliphatic heterocycles. The summed E-state index contributed by atoms with van der Waals surface area (Å²) in [5.74, 6) is 0.204. The second-order valence-corrected chi connectivity index (χ2v) is 7.87. The summed E-state index contributed by atoms with van der Waals surface area (Å²) in [7, 11) is 0. The molecule has 3 rings (SSSR count). The Bertz CT molecular complexity index is 899. The molecule has 0 aliphatic carbocycles. The molecular formula is C17H15ClFN3OS2. The molecule has 2 aromatic carbocycles. The van der Waals surface area contributed by atoms with Crippen LogP contribution in [-0.4, -0.2) is 16.6 Å². The summed E-state index contributed by atoms with van der Waals surface area (Å²) in [6.07, 6.45) is 0.338. The zero-order chi connectivity index (χ0) is 17.8. The number of rotatable bonds is 6. The van der Waals surface area contributed by atoms with Crippen LogP contribution in [-0.2, 0) is 4.79 Å². The van der Waals surface area contributed by atoms with Crippen molar-refractivity contribution in [3.63, 3.8) is 0 Å². The van der Waals surface area contributed by atoms with Crippen molar-refractivity contribution < 1.29 is 9.18 Å². The quantitative estimate of drug-likeness (QED) is 0.454. The van der Waals surface area contributed by atoms with E-state index in [1.54, 1.807) is 12.1 Å². The van der Waals surface area contributed by atoms with Crippen molar-refractivity contribution in [3.05, 3.63) is 52.8 Å². The third kappa shape index (κ3) is 4.62. The van der Waals surface area contributed by atoms with Gasteiger partial charge in [-0.2, -0.15) is 0 Å². The van der Waals surface area contributed by atoms with Crippen molar-refractivity contribution in [2.24, 2.45) is 0 Å². The number of hydrazine groups is 1. The molecule has 0 bridgehead atoms. The first-order valence-corrected chi connectivity index (χ1v) is 9.70. The highest BCUT2D eigenvalue weighted by molar-refractivity contribution is 7.99. The van der Waals surface area contributed by atoms with Crippen molar-refractivity contribution in [3.8, 4) is 0 Å². The fourth-order valence-corrected chi connectivity index (χ4v) is 4.02. The molecule has 0 aliphatic rings. The SMILES string of the molecule is Cc1c(Cl)ccc2sc(NNC(=O)CCSc3ccc(F)cc3)nc12. The summed E-state index contributed by atoms with van der Waals surface area (Å²) < 4.78 is 13.8. The average Bonchev–Trinajstić information content (AvgIpc) is 3.02. The van der Waals surface area contributed by atoms with Crippen LogP contribution in [0.5, 0.6) is 0 Å². The first kappa shape index (κ1) is 18.0. The van der Waals surface area contributed by atoms with Crippen LogP contribution in [0.4, 0.5) is 9.52 Å². The van der Waals surface area contributed by atoms with E-state index in [-0.39, 0.29) is 11.7 Å². The van der Waals surface area contributed by atoms with Crippen LogP contribution in [0, 0.1) is 12.7 Å². The molecule has 0 saturated carbocycles. The smallest absolute Gasteiger partial charge is 0.239 e. The number of carbonyl (C=O) groups is 1. The molecule has 1 heterocycles. The van der Waals surface area contributed by atoms with Crippen molar-refractivity contribution >= 4 is 56.0 Å². The van der Waals surface area contributed by atoms with Gasteiger partial charge in [-0.15, -0.1) is 11.8 Å². The topological polar surface area (TPSA) is 54.0 Å². The summed E-state index contributed by atoms with van der Waals surface area (Å²) in [4.78, 5) is 17.3. The van der Waals surface area contributed by atoms with Gasteiger partial charge in [0.2, 0.25) is 11.0 Å². The fraction of sp³-hybridized carbons (Fsp3) is 0.176. The molecule has 0 unspecified atom stereocenters. The van der Waals surface area contributed by atoms with Crippen LogP contribution in [0.15, 0.2) is 41.3 Å². The lowest BCUT2D eigenvalue weighted by Crippen LogP contribution is -2.29. The van der Waals surface area contributed by atoms with Gasteiger partial charge >= 0.3 is 0 Å². The summed E-state index contributed by atoms with van der Waals surface area (Å²) in [5.41, 5.74) is 7.24. The van der Waals surface area contributed by atoms with Gasteiger partial charge in [0.1, 0.15) is 5.82 Å². The Labute approximate surface area is 157 Å². The number of nitrogens with zero attached hydrogens (tertiary/aromatic N) is 1. The molecule has 8 heteroatoms. The second-order valence-electron chi connectivity index (χ2n) is 5.26. The summed E-state index contributed by atoms with van der Waals surface area (Å²) in [5, 5.41) is 1.28. The predicted octanol–water partition coefficient (Wildman–Crippen LogP) is 5.02. The normalized spacial score (nSPS) is 10.8. The maximum atomic E-state index is 12.8. The molecule has 3 aromatic rings. The van der Waals surface area contributed by atoms with E-state index in [9.17, 15) is 9.18 Å². The van der Waals surface area contributed by atoms with Crippen molar-refractivity contribution in [2.75, 3.05) is 11.2 Å². The summed E-state index contributed by atoms with van der Waals surface area (Å²) in [6.45, 7) is 1.92. The van der Waals surface area contributed by atoms with E-state index in [2.05, 4.69) is 15.8 Å². The number of nitrogens with one attached hydrogen (secondary N) is 2. The van der Waals surface area contributed by atoms with Crippen molar-refractivity contribution in [1.29, 1.82) is 0 Å². The number of carbonyl (C=O) groups excluding carboxylic acids is 1. The number of fused-ring (bicyclic) bond motifs is 1. The van der Waals surface area contributed by atoms with Crippen LogP contribution in [0.3, 0.4) is 0 Å². The molecule has 1 amide bonds. The van der Waals surface area contributed by atoms with Gasteiger partial charge in [-0.3, -0.25) is 15.6 Å². The molecule has 0 saturated heterocycles. The average molecular weight is 396 g/mol. The van der Waals surface area contributed by atoms with E-state index in [1.165, 1.54) is 35.2 Å². The van der Waals surface area contributed by atoms with E-state index < -0.39 is 0 Å². The number of halogens is 2. The first-order chi connectivity index (χ1) is 12.0. The number of anilines is 1. The number of amides is 1. The summed E-state index contributed by atoms with van der Waals surface area (Å²) >= 11 is 9.04. The van der Waals surface area contributed by atoms with Crippen LogP contribution >= 0.6 is 34.7 Å². The number of thiazole rings is 1. The Morgan fingerprint density at radius 3 is 2.80 bits per heavy atom. The molecule has 25 heavy (non-hydrogen) atoms. The predicted molar refractivity (Wildman–Crippen MR) is 103 cm³/mol. The number of benzene rings is 2. The molecule has 0 spiro atoms. The Hall–Kier alpha value is -1.83. The molecule has 0 fully saturated rings. The Morgan fingerprint density at radius 2 is 2.04 bits per heavy atom. The van der Waals surface area contributed by atoms with Crippen molar-refractivity contribution in [2.45, 2.75) is 18.2 Å². The Morgan fingerprint density at radius 1 is 1.28 bits per heavy atom. The van der Waals surface area contributed by atoms with Crippen LogP contribution in [0.25, 0.3) is 10.2 Å². The minimum Gasteiger partial charge on any atom is -0.273 e. The summed E-state index contributed by atoms with van der Waals surface area (Å²) in [6, 6.07) is 9.97. The number of thioether (sulfide) groups is 1. The van der Waals surface area contributed by atoms with Gasteiger partial charge in [0.15, 0.2) is 0 Å². The Kier molecular flexibility index (Phi) is 5.78. The largest absolute Gasteiger partial charge is 0.273 e. The fourth-order valence-electron chi connectivity index (χ4n) is 2.13. The highest BCUT2D eigenvalue weighted by atomic mass is 35.5. The van der Waals surface area contributed by atoms with E-state index in [1.807, 2.05) is 19.1 Å². The zero-order valence-electron chi connectivity index (χ0n) is 13.3. The minimum absolute atomic E-state index is 0.136.